The van der Waals surface area contributed by atoms with Crippen molar-refractivity contribution in [3.8, 4) is 0 Å². The first-order valence-electron chi connectivity index (χ1n) is 11.4. The van der Waals surface area contributed by atoms with E-state index in [1.807, 2.05) is 0 Å². The van der Waals surface area contributed by atoms with Gasteiger partial charge >= 0.3 is 6.18 Å². The molecule has 1 aliphatic rings. The monoisotopic (exact) mass is 524 g/mol. The number of carbonyl (C=O) groups excluding carboxylic acids is 1. The summed E-state index contributed by atoms with van der Waals surface area (Å²) in [4.78, 5) is 30.4. The van der Waals surface area contributed by atoms with Gasteiger partial charge in [0.2, 0.25) is 5.43 Å². The molecular formula is C24H27F3N4O4S. The van der Waals surface area contributed by atoms with E-state index in [0.29, 0.717) is 12.1 Å². The molecule has 0 spiro atoms. The highest BCUT2D eigenvalue weighted by atomic mass is 32.3. The van der Waals surface area contributed by atoms with Gasteiger partial charge in [0.05, 0.1) is 17.0 Å². The topological polar surface area (TPSA) is 118 Å². The van der Waals surface area contributed by atoms with Crippen LogP contribution in [0.25, 0.3) is 10.9 Å². The Morgan fingerprint density at radius 1 is 1.06 bits per heavy atom. The van der Waals surface area contributed by atoms with Crippen LogP contribution in [-0.4, -0.2) is 50.3 Å². The molecule has 36 heavy (non-hydrogen) atoms. The Kier molecular flexibility index (Phi) is 7.59. The number of halogens is 3. The number of rotatable bonds is 7. The van der Waals surface area contributed by atoms with Crippen LogP contribution in [0, 0.1) is 0 Å². The van der Waals surface area contributed by atoms with E-state index in [9.17, 15) is 31.9 Å². The van der Waals surface area contributed by atoms with Crippen LogP contribution in [0.15, 0.2) is 53.5 Å². The molecule has 4 rings (SSSR count). The molecule has 0 atom stereocenters. The molecule has 1 fully saturated rings. The molecule has 1 aliphatic heterocycles. The maximum Gasteiger partial charge on any atom is 0.416 e. The third-order valence-corrected chi connectivity index (χ3v) is 7.29. The van der Waals surface area contributed by atoms with Crippen molar-refractivity contribution in [2.75, 3.05) is 35.4 Å². The van der Waals surface area contributed by atoms with E-state index in [1.165, 1.54) is 12.3 Å². The number of anilines is 2. The van der Waals surface area contributed by atoms with Crippen LogP contribution in [-0.2, 0) is 6.18 Å². The molecule has 0 aliphatic carbocycles. The Hall–Kier alpha value is -3.06. The molecular weight excluding hydrogens is 497 g/mol. The Morgan fingerprint density at radius 3 is 2.47 bits per heavy atom. The first kappa shape index (κ1) is 26.0. The Morgan fingerprint density at radius 2 is 1.75 bits per heavy atom. The minimum Gasteiger partial charge on any atom is -0.360 e. The number of nitrogens with zero attached hydrogens (tertiary/aromatic N) is 1. The molecule has 2 aromatic carbocycles. The highest BCUT2D eigenvalue weighted by molar-refractivity contribution is 8.25. The number of fused-ring (bicyclic) bond motifs is 1. The number of piperidine rings is 1. The normalized spacial score (nSPS) is 15.6. The van der Waals surface area contributed by atoms with Gasteiger partial charge in [0.25, 0.3) is 5.91 Å². The van der Waals surface area contributed by atoms with Crippen LogP contribution in [0.2, 0.25) is 0 Å². The molecule has 8 nitrogen and oxygen atoms in total. The Bertz CT molecular complexity index is 1310. The first-order valence-corrected chi connectivity index (χ1v) is 13.1. The molecule has 3 aromatic rings. The van der Waals surface area contributed by atoms with E-state index in [4.69, 9.17) is 0 Å². The Labute approximate surface area is 207 Å². The fourth-order valence-corrected chi connectivity index (χ4v) is 5.25. The van der Waals surface area contributed by atoms with E-state index in [-0.39, 0.29) is 28.1 Å². The van der Waals surface area contributed by atoms with E-state index < -0.39 is 33.9 Å². The lowest BCUT2D eigenvalue weighted by molar-refractivity contribution is -0.137. The third kappa shape index (κ3) is 6.38. The van der Waals surface area contributed by atoms with Gasteiger partial charge < -0.3 is 15.2 Å². The van der Waals surface area contributed by atoms with Crippen molar-refractivity contribution in [3.05, 3.63) is 70.0 Å². The summed E-state index contributed by atoms with van der Waals surface area (Å²) >= 11 is 0. The van der Waals surface area contributed by atoms with Crippen LogP contribution >= 0.6 is 10.8 Å². The lowest BCUT2D eigenvalue weighted by Crippen LogP contribution is -2.34. The number of benzene rings is 2. The summed E-state index contributed by atoms with van der Waals surface area (Å²) in [5.41, 5.74) is -1.89. The summed E-state index contributed by atoms with van der Waals surface area (Å²) in [7, 11) is -3.45. The van der Waals surface area contributed by atoms with Gasteiger partial charge in [-0.05, 0) is 56.3 Å². The smallest absolute Gasteiger partial charge is 0.360 e. The lowest BCUT2D eigenvalue weighted by Gasteiger charge is -2.37. The summed E-state index contributed by atoms with van der Waals surface area (Å²) in [6.45, 7) is 2.06. The number of alkyl halides is 3. The van der Waals surface area contributed by atoms with Crippen molar-refractivity contribution in [1.29, 1.82) is 0 Å². The largest absolute Gasteiger partial charge is 0.416 e. The van der Waals surface area contributed by atoms with E-state index in [2.05, 4.69) is 19.9 Å². The van der Waals surface area contributed by atoms with Crippen molar-refractivity contribution >= 4 is 39.0 Å². The van der Waals surface area contributed by atoms with Gasteiger partial charge in [-0.2, -0.15) is 13.2 Å². The number of nitrogens with one attached hydrogen (secondary N) is 3. The fraction of sp³-hybridized carbons (Fsp3) is 0.333. The molecule has 194 valence electrons. The van der Waals surface area contributed by atoms with Crippen LogP contribution in [0.3, 0.4) is 0 Å². The number of hydrogen-bond acceptors (Lipinski definition) is 6. The SMILES string of the molecule is O=C(Nc1cc(NS(O)(O)CCN2CCCCC2)cc(C(F)(F)F)c1)c1c[nH]c2ccccc2c1=O. The van der Waals surface area contributed by atoms with Gasteiger partial charge in [-0.1, -0.05) is 18.6 Å². The van der Waals surface area contributed by atoms with Crippen molar-refractivity contribution in [2.24, 2.45) is 0 Å². The average Bonchev–Trinajstić information content (AvgIpc) is 2.83. The molecule has 0 saturated carbocycles. The lowest BCUT2D eigenvalue weighted by atomic mass is 10.1. The zero-order chi connectivity index (χ0) is 25.9. The van der Waals surface area contributed by atoms with Gasteiger partial charge in [0.15, 0.2) is 0 Å². The number of H-pyrrole nitrogens is 1. The second kappa shape index (κ2) is 10.5. The van der Waals surface area contributed by atoms with Gasteiger partial charge in [0.1, 0.15) is 5.56 Å². The second-order valence-corrected chi connectivity index (χ2v) is 10.6. The minimum absolute atomic E-state index is 0.0581. The summed E-state index contributed by atoms with van der Waals surface area (Å²) < 4.78 is 64.0. The standard InChI is InChI=1S/C24H27F3N4O4S/c25-24(26,27)16-12-17(29-23(33)20-15-28-21-7-3-2-6-19(21)22(20)32)14-18(13-16)30-36(34,35)11-10-31-8-4-1-5-9-31/h2-3,6-7,12-15,30,34-35H,1,4-5,8-11H2,(H,28,32)(H,29,33). The van der Waals surface area contributed by atoms with E-state index in [1.54, 1.807) is 18.2 Å². The molecule has 0 bridgehead atoms. The number of carbonyl (C=O) groups is 1. The van der Waals surface area contributed by atoms with Gasteiger partial charge in [-0.3, -0.25) is 23.4 Å². The maximum absolute atomic E-state index is 13.6. The second-order valence-electron chi connectivity index (χ2n) is 8.70. The van der Waals surface area contributed by atoms with Crippen molar-refractivity contribution in [2.45, 2.75) is 25.4 Å². The molecule has 1 saturated heterocycles. The fourth-order valence-electron chi connectivity index (χ4n) is 4.14. The highest BCUT2D eigenvalue weighted by Gasteiger charge is 2.32. The van der Waals surface area contributed by atoms with Crippen LogP contribution in [0.1, 0.15) is 35.2 Å². The minimum atomic E-state index is -4.76. The molecule has 1 aromatic heterocycles. The van der Waals surface area contributed by atoms with E-state index >= 15 is 0 Å². The first-order chi connectivity index (χ1) is 17.0. The number of amides is 1. The summed E-state index contributed by atoms with van der Waals surface area (Å²) in [6, 6.07) is 9.17. The molecule has 12 heteroatoms. The predicted molar refractivity (Wildman–Crippen MR) is 136 cm³/mol. The number of likely N-dealkylation sites (tertiary alicyclic amines) is 1. The van der Waals surface area contributed by atoms with E-state index in [0.717, 1.165) is 50.6 Å². The molecule has 1 amide bonds. The summed E-state index contributed by atoms with van der Waals surface area (Å²) in [5.74, 6) is -0.957. The number of aromatic nitrogens is 1. The van der Waals surface area contributed by atoms with Crippen molar-refractivity contribution in [1.82, 2.24) is 9.88 Å². The molecule has 2 heterocycles. The quantitative estimate of drug-likeness (QED) is 0.284. The number of pyridine rings is 1. The van der Waals surface area contributed by atoms with Crippen LogP contribution in [0.4, 0.5) is 24.5 Å². The van der Waals surface area contributed by atoms with Crippen LogP contribution < -0.4 is 15.5 Å². The summed E-state index contributed by atoms with van der Waals surface area (Å²) in [6.07, 6.45) is -0.403. The van der Waals surface area contributed by atoms with Gasteiger partial charge in [-0.15, -0.1) is 10.8 Å². The number of hydrogen-bond donors (Lipinski definition) is 5. The van der Waals surface area contributed by atoms with Crippen LogP contribution in [0.5, 0.6) is 0 Å². The molecule has 5 N–H and O–H groups in total. The zero-order valence-electron chi connectivity index (χ0n) is 19.3. The highest BCUT2D eigenvalue weighted by Crippen LogP contribution is 2.41. The third-order valence-electron chi connectivity index (χ3n) is 5.97. The van der Waals surface area contributed by atoms with Crippen molar-refractivity contribution < 1.29 is 27.1 Å². The summed E-state index contributed by atoms with van der Waals surface area (Å²) in [5, 5.41) is 2.59. The maximum atomic E-state index is 13.6. The average molecular weight is 525 g/mol. The molecule has 0 radical (unpaired) electrons. The number of aromatic amines is 1. The van der Waals surface area contributed by atoms with Gasteiger partial charge in [0, 0.05) is 29.3 Å². The predicted octanol–water partition coefficient (Wildman–Crippen LogP) is 5.36. The Balaban J connectivity index is 1.55. The zero-order valence-corrected chi connectivity index (χ0v) is 20.1. The van der Waals surface area contributed by atoms with Gasteiger partial charge in [-0.25, -0.2) is 0 Å². The van der Waals surface area contributed by atoms with Crippen molar-refractivity contribution in [3.63, 3.8) is 0 Å². The molecule has 0 unspecified atom stereocenters. The number of para-hydroxylation sites is 1.